The second-order valence-electron chi connectivity index (χ2n) is 6.03. The molecule has 1 aliphatic rings. The van der Waals surface area contributed by atoms with Crippen molar-refractivity contribution in [3.05, 3.63) is 63.6 Å². The summed E-state index contributed by atoms with van der Waals surface area (Å²) >= 11 is 0. The van der Waals surface area contributed by atoms with Crippen LogP contribution in [0.5, 0.6) is 0 Å². The van der Waals surface area contributed by atoms with Gasteiger partial charge in [-0.1, -0.05) is 0 Å². The zero-order valence-corrected chi connectivity index (χ0v) is 13.8. The van der Waals surface area contributed by atoms with Crippen LogP contribution in [0, 0.1) is 33.2 Å². The number of hydrogen-bond acceptors (Lipinski definition) is 6. The van der Waals surface area contributed by atoms with Gasteiger partial charge in [-0.15, -0.1) is 0 Å². The SMILES string of the molecule is N#Cc1ccnc(N2CCC(C(=O)c3ccc(F)cc3)CC2)c1[N+](=O)[O-]. The average Bonchev–Trinajstić information content (AvgIpc) is 2.67. The molecule has 3 rings (SSSR count). The van der Waals surface area contributed by atoms with Crippen LogP contribution in [0.3, 0.4) is 0 Å². The Bertz CT molecular complexity index is 884. The molecule has 1 aromatic heterocycles. The summed E-state index contributed by atoms with van der Waals surface area (Å²) in [6.45, 7) is 0.834. The minimum absolute atomic E-state index is 0.0375. The van der Waals surface area contributed by atoms with E-state index >= 15 is 0 Å². The predicted octanol–water partition coefficient (Wildman–Crippen LogP) is 3.10. The van der Waals surface area contributed by atoms with Gasteiger partial charge >= 0.3 is 5.69 Å². The molecule has 1 aromatic carbocycles. The van der Waals surface area contributed by atoms with Crippen molar-refractivity contribution >= 4 is 17.3 Å². The number of rotatable bonds is 4. The van der Waals surface area contributed by atoms with Crippen molar-refractivity contribution in [1.82, 2.24) is 4.98 Å². The smallest absolute Gasteiger partial charge is 0.329 e. The Morgan fingerprint density at radius 1 is 1.27 bits per heavy atom. The van der Waals surface area contributed by atoms with Gasteiger partial charge in [0.1, 0.15) is 17.4 Å². The van der Waals surface area contributed by atoms with Gasteiger partial charge in [-0.3, -0.25) is 14.9 Å². The second-order valence-corrected chi connectivity index (χ2v) is 6.03. The van der Waals surface area contributed by atoms with E-state index in [2.05, 4.69) is 4.98 Å². The first-order chi connectivity index (χ1) is 12.5. The van der Waals surface area contributed by atoms with Gasteiger partial charge in [0.25, 0.3) is 0 Å². The third-order valence-corrected chi connectivity index (χ3v) is 4.50. The van der Waals surface area contributed by atoms with E-state index in [9.17, 15) is 19.3 Å². The van der Waals surface area contributed by atoms with Crippen LogP contribution in [0.25, 0.3) is 0 Å². The van der Waals surface area contributed by atoms with E-state index in [0.717, 1.165) is 0 Å². The number of benzene rings is 1. The average molecular weight is 354 g/mol. The van der Waals surface area contributed by atoms with Crippen molar-refractivity contribution in [3.63, 3.8) is 0 Å². The van der Waals surface area contributed by atoms with Crippen molar-refractivity contribution in [2.75, 3.05) is 18.0 Å². The lowest BCUT2D eigenvalue weighted by atomic mass is 9.89. The Kier molecular flexibility index (Phi) is 4.89. The zero-order valence-electron chi connectivity index (χ0n) is 13.8. The Morgan fingerprint density at radius 2 is 1.92 bits per heavy atom. The van der Waals surface area contributed by atoms with E-state index in [-0.39, 0.29) is 28.8 Å². The molecule has 0 amide bonds. The highest BCUT2D eigenvalue weighted by atomic mass is 19.1. The fraction of sp³-hybridized carbons (Fsp3) is 0.278. The molecule has 26 heavy (non-hydrogen) atoms. The third-order valence-electron chi connectivity index (χ3n) is 4.50. The number of hydrogen-bond donors (Lipinski definition) is 0. The maximum absolute atomic E-state index is 13.0. The number of nitro groups is 1. The molecule has 7 nitrogen and oxygen atoms in total. The summed E-state index contributed by atoms with van der Waals surface area (Å²) in [5.41, 5.74) is 0.114. The van der Waals surface area contributed by atoms with E-state index in [4.69, 9.17) is 5.26 Å². The monoisotopic (exact) mass is 354 g/mol. The van der Waals surface area contributed by atoms with Gasteiger partial charge < -0.3 is 4.90 Å². The van der Waals surface area contributed by atoms with Gasteiger partial charge in [0, 0.05) is 30.8 Å². The first-order valence-corrected chi connectivity index (χ1v) is 8.09. The van der Waals surface area contributed by atoms with Gasteiger partial charge in [-0.2, -0.15) is 5.26 Å². The largest absolute Gasteiger partial charge is 0.351 e. The van der Waals surface area contributed by atoms with E-state index < -0.39 is 10.7 Å². The van der Waals surface area contributed by atoms with Crippen LogP contribution < -0.4 is 4.90 Å². The number of nitriles is 1. The fourth-order valence-corrected chi connectivity index (χ4v) is 3.15. The molecule has 132 valence electrons. The molecule has 0 saturated carbocycles. The molecular weight excluding hydrogens is 339 g/mol. The van der Waals surface area contributed by atoms with Crippen LogP contribution in [0.1, 0.15) is 28.8 Å². The van der Waals surface area contributed by atoms with Crippen LogP contribution in [0.4, 0.5) is 15.9 Å². The van der Waals surface area contributed by atoms with Crippen molar-refractivity contribution in [1.29, 1.82) is 5.26 Å². The summed E-state index contributed by atoms with van der Waals surface area (Å²) in [7, 11) is 0. The van der Waals surface area contributed by atoms with E-state index in [1.54, 1.807) is 4.90 Å². The maximum Gasteiger partial charge on any atom is 0.329 e. The molecule has 2 aromatic rings. The number of pyridine rings is 1. The normalized spacial score (nSPS) is 14.7. The molecule has 1 saturated heterocycles. The van der Waals surface area contributed by atoms with Crippen molar-refractivity contribution in [2.45, 2.75) is 12.8 Å². The molecule has 0 aliphatic carbocycles. The number of nitrogens with zero attached hydrogens (tertiary/aromatic N) is 4. The number of halogens is 1. The molecule has 0 N–H and O–H groups in total. The van der Waals surface area contributed by atoms with Crippen LogP contribution >= 0.6 is 0 Å². The number of carbonyl (C=O) groups excluding carboxylic acids is 1. The quantitative estimate of drug-likeness (QED) is 0.475. The predicted molar refractivity (Wildman–Crippen MR) is 91.3 cm³/mol. The summed E-state index contributed by atoms with van der Waals surface area (Å²) in [5, 5.41) is 20.4. The van der Waals surface area contributed by atoms with Crippen molar-refractivity contribution in [3.8, 4) is 6.07 Å². The van der Waals surface area contributed by atoms with Crippen LogP contribution in [-0.2, 0) is 0 Å². The second kappa shape index (κ2) is 7.27. The lowest BCUT2D eigenvalue weighted by molar-refractivity contribution is -0.384. The third kappa shape index (κ3) is 3.37. The molecule has 0 atom stereocenters. The summed E-state index contributed by atoms with van der Waals surface area (Å²) in [6.07, 6.45) is 2.38. The minimum atomic E-state index is -0.601. The molecule has 1 fully saturated rings. The molecule has 8 heteroatoms. The molecular formula is C18H15FN4O3. The molecule has 0 radical (unpaired) electrons. The van der Waals surface area contributed by atoms with Crippen molar-refractivity contribution < 1.29 is 14.1 Å². The van der Waals surface area contributed by atoms with Crippen LogP contribution in [0.15, 0.2) is 36.5 Å². The van der Waals surface area contributed by atoms with Crippen LogP contribution in [0.2, 0.25) is 0 Å². The number of Topliss-reactive ketones (excluding diaryl/α,β-unsaturated/α-hetero) is 1. The lowest BCUT2D eigenvalue weighted by Gasteiger charge is -2.31. The minimum Gasteiger partial charge on any atom is -0.351 e. The Balaban J connectivity index is 1.75. The number of carbonyl (C=O) groups is 1. The fourth-order valence-electron chi connectivity index (χ4n) is 3.15. The van der Waals surface area contributed by atoms with E-state index in [1.165, 1.54) is 36.5 Å². The van der Waals surface area contributed by atoms with Gasteiger partial charge in [-0.25, -0.2) is 9.37 Å². The zero-order chi connectivity index (χ0) is 18.7. The van der Waals surface area contributed by atoms with Gasteiger partial charge in [0.2, 0.25) is 5.82 Å². The first-order valence-electron chi connectivity index (χ1n) is 8.09. The van der Waals surface area contributed by atoms with Crippen molar-refractivity contribution in [2.24, 2.45) is 5.92 Å². The Hall–Kier alpha value is -3.34. The molecule has 0 bridgehead atoms. The number of anilines is 1. The molecule has 1 aliphatic heterocycles. The van der Waals surface area contributed by atoms with E-state index in [1.807, 2.05) is 6.07 Å². The lowest BCUT2D eigenvalue weighted by Crippen LogP contribution is -2.37. The van der Waals surface area contributed by atoms with Gasteiger partial charge in [0.15, 0.2) is 5.78 Å². The molecule has 0 spiro atoms. The van der Waals surface area contributed by atoms with Gasteiger partial charge in [0.05, 0.1) is 4.92 Å². The highest BCUT2D eigenvalue weighted by molar-refractivity contribution is 5.98. The summed E-state index contributed by atoms with van der Waals surface area (Å²) in [5.74, 6) is -0.526. The first kappa shape index (κ1) is 17.5. The standard InChI is InChI=1S/C18H15FN4O3/c19-15-3-1-12(2-4-15)17(24)13-6-9-22(10-7-13)18-16(23(25)26)14(11-20)5-8-21-18/h1-5,8,13H,6-7,9-10H2. The molecule has 0 unspecified atom stereocenters. The van der Waals surface area contributed by atoms with E-state index in [0.29, 0.717) is 31.5 Å². The summed E-state index contributed by atoms with van der Waals surface area (Å²) in [6, 6.07) is 8.56. The number of ketones is 1. The Labute approximate surface area is 148 Å². The molecule has 2 heterocycles. The summed E-state index contributed by atoms with van der Waals surface area (Å²) < 4.78 is 13.0. The number of aromatic nitrogens is 1. The summed E-state index contributed by atoms with van der Waals surface area (Å²) in [4.78, 5) is 29.1. The topological polar surface area (TPSA) is 100 Å². The highest BCUT2D eigenvalue weighted by Crippen LogP contribution is 2.32. The maximum atomic E-state index is 13.0. The number of piperidine rings is 1. The van der Waals surface area contributed by atoms with Crippen LogP contribution in [-0.4, -0.2) is 28.8 Å². The Morgan fingerprint density at radius 3 is 2.50 bits per heavy atom. The highest BCUT2D eigenvalue weighted by Gasteiger charge is 2.31. The van der Waals surface area contributed by atoms with Gasteiger partial charge in [-0.05, 0) is 43.2 Å².